The minimum absolute atomic E-state index is 0.0189. The third-order valence-electron chi connectivity index (χ3n) is 3.88. The fourth-order valence-electron chi connectivity index (χ4n) is 2.63. The van der Waals surface area contributed by atoms with Gasteiger partial charge >= 0.3 is 5.97 Å². The molecule has 0 aromatic rings. The Morgan fingerprint density at radius 1 is 1.44 bits per heavy atom. The van der Waals surface area contributed by atoms with Gasteiger partial charge < -0.3 is 20.1 Å². The Morgan fingerprint density at radius 3 is 2.83 bits per heavy atom. The number of hydrogen-bond donors (Lipinski definition) is 2. The van der Waals surface area contributed by atoms with Crippen LogP contribution in [-0.2, 0) is 14.3 Å². The van der Waals surface area contributed by atoms with Gasteiger partial charge in [0.25, 0.3) is 0 Å². The van der Waals surface area contributed by atoms with Gasteiger partial charge in [0.1, 0.15) is 5.92 Å². The van der Waals surface area contributed by atoms with Gasteiger partial charge in [-0.2, -0.15) is 0 Å². The fourth-order valence-corrected chi connectivity index (χ4v) is 2.63. The average molecular weight is 256 g/mol. The number of rotatable bonds is 4. The number of carboxylic acids is 1. The van der Waals surface area contributed by atoms with E-state index in [0.717, 1.165) is 19.5 Å². The van der Waals surface area contributed by atoms with Crippen molar-refractivity contribution >= 4 is 11.9 Å². The topological polar surface area (TPSA) is 78.9 Å². The molecule has 1 amide bonds. The van der Waals surface area contributed by atoms with E-state index >= 15 is 0 Å². The molecule has 2 rings (SSSR count). The monoisotopic (exact) mass is 256 g/mol. The van der Waals surface area contributed by atoms with E-state index in [2.05, 4.69) is 5.32 Å². The van der Waals surface area contributed by atoms with Crippen molar-refractivity contribution in [3.8, 4) is 0 Å². The number of carboxylic acid groups (broad SMARTS) is 1. The van der Waals surface area contributed by atoms with Crippen molar-refractivity contribution in [2.45, 2.75) is 18.9 Å². The Morgan fingerprint density at radius 2 is 2.22 bits per heavy atom. The van der Waals surface area contributed by atoms with Crippen molar-refractivity contribution in [1.82, 2.24) is 10.2 Å². The zero-order valence-corrected chi connectivity index (χ0v) is 10.6. The largest absolute Gasteiger partial charge is 0.481 e. The summed E-state index contributed by atoms with van der Waals surface area (Å²) in [6.07, 6.45) is 1.51. The summed E-state index contributed by atoms with van der Waals surface area (Å²) >= 11 is 0. The van der Waals surface area contributed by atoms with Crippen LogP contribution in [0.3, 0.4) is 0 Å². The third-order valence-corrected chi connectivity index (χ3v) is 3.88. The Kier molecular flexibility index (Phi) is 4.19. The van der Waals surface area contributed by atoms with Crippen LogP contribution >= 0.6 is 0 Å². The lowest BCUT2D eigenvalue weighted by Gasteiger charge is -2.27. The van der Waals surface area contributed by atoms with E-state index in [-0.39, 0.29) is 18.6 Å². The number of likely N-dealkylation sites (N-methyl/N-ethyl adjacent to an activating group) is 1. The molecule has 2 N–H and O–H groups in total. The Labute approximate surface area is 106 Å². The van der Waals surface area contributed by atoms with E-state index in [0.29, 0.717) is 18.9 Å². The second-order valence-corrected chi connectivity index (χ2v) is 5.12. The number of aliphatic carboxylic acids is 1. The lowest BCUT2D eigenvalue weighted by molar-refractivity contribution is -0.144. The summed E-state index contributed by atoms with van der Waals surface area (Å²) in [6.45, 7) is 2.36. The van der Waals surface area contributed by atoms with Crippen LogP contribution in [0.15, 0.2) is 0 Å². The van der Waals surface area contributed by atoms with Crippen molar-refractivity contribution in [1.29, 1.82) is 0 Å². The van der Waals surface area contributed by atoms with Crippen LogP contribution in [-0.4, -0.2) is 61.3 Å². The first-order chi connectivity index (χ1) is 8.59. The van der Waals surface area contributed by atoms with E-state index in [1.165, 1.54) is 0 Å². The van der Waals surface area contributed by atoms with Gasteiger partial charge in [-0.15, -0.1) is 0 Å². The van der Waals surface area contributed by atoms with Gasteiger partial charge in [-0.25, -0.2) is 0 Å². The first-order valence-corrected chi connectivity index (χ1v) is 6.36. The molecule has 0 saturated carbocycles. The normalized spacial score (nSPS) is 31.5. The zero-order chi connectivity index (χ0) is 13.1. The molecule has 3 unspecified atom stereocenters. The van der Waals surface area contributed by atoms with Crippen molar-refractivity contribution in [2.75, 3.05) is 33.4 Å². The van der Waals surface area contributed by atoms with Crippen LogP contribution < -0.4 is 5.32 Å². The van der Waals surface area contributed by atoms with Gasteiger partial charge in [-0.1, -0.05) is 0 Å². The van der Waals surface area contributed by atoms with Crippen LogP contribution in [0.1, 0.15) is 12.8 Å². The van der Waals surface area contributed by atoms with Crippen LogP contribution in [0.2, 0.25) is 0 Å². The maximum atomic E-state index is 12.1. The molecule has 3 atom stereocenters. The third kappa shape index (κ3) is 2.81. The molecule has 2 aliphatic heterocycles. The van der Waals surface area contributed by atoms with Crippen LogP contribution in [0.25, 0.3) is 0 Å². The molecule has 0 aromatic heterocycles. The number of carbonyl (C=O) groups excluding carboxylic acids is 1. The molecule has 0 bridgehead atoms. The number of hydrogen-bond acceptors (Lipinski definition) is 4. The first-order valence-electron chi connectivity index (χ1n) is 6.36. The Balaban J connectivity index is 1.90. The quantitative estimate of drug-likeness (QED) is 0.712. The first kappa shape index (κ1) is 13.3. The number of ether oxygens (including phenoxy) is 1. The van der Waals surface area contributed by atoms with Crippen LogP contribution in [0, 0.1) is 11.8 Å². The summed E-state index contributed by atoms with van der Waals surface area (Å²) in [5.41, 5.74) is 0. The average Bonchev–Trinajstić information content (AvgIpc) is 2.97. The summed E-state index contributed by atoms with van der Waals surface area (Å²) in [5, 5.41) is 12.3. The Bertz CT molecular complexity index is 328. The minimum Gasteiger partial charge on any atom is -0.481 e. The van der Waals surface area contributed by atoms with Gasteiger partial charge in [0, 0.05) is 13.5 Å². The minimum atomic E-state index is -0.889. The number of carbonyl (C=O) groups is 2. The molecule has 0 spiro atoms. The van der Waals surface area contributed by atoms with Gasteiger partial charge in [-0.05, 0) is 25.4 Å². The van der Waals surface area contributed by atoms with E-state index in [9.17, 15) is 9.59 Å². The molecule has 2 aliphatic rings. The molecule has 2 heterocycles. The van der Waals surface area contributed by atoms with Crippen LogP contribution in [0.5, 0.6) is 0 Å². The highest BCUT2D eigenvalue weighted by Crippen LogP contribution is 2.21. The summed E-state index contributed by atoms with van der Waals surface area (Å²) in [6, 6.07) is -0.329. The molecule has 0 aliphatic carbocycles. The number of nitrogens with one attached hydrogen (secondary N) is 1. The molecule has 18 heavy (non-hydrogen) atoms. The van der Waals surface area contributed by atoms with Crippen LogP contribution in [0.4, 0.5) is 0 Å². The standard InChI is InChI=1S/C12H20N2O4/c1-14(10-7-18-6-9(10)12(16)17)11(15)4-8-2-3-13-5-8/h8-10,13H,2-7H2,1H3,(H,16,17). The van der Waals surface area contributed by atoms with Crippen molar-refractivity contribution < 1.29 is 19.4 Å². The van der Waals surface area contributed by atoms with Gasteiger partial charge in [-0.3, -0.25) is 9.59 Å². The summed E-state index contributed by atoms with van der Waals surface area (Å²) in [4.78, 5) is 24.7. The molecule has 0 radical (unpaired) electrons. The lowest BCUT2D eigenvalue weighted by Crippen LogP contribution is -2.44. The molecule has 2 fully saturated rings. The van der Waals surface area contributed by atoms with Crippen molar-refractivity contribution in [3.63, 3.8) is 0 Å². The highest BCUT2D eigenvalue weighted by molar-refractivity contribution is 5.78. The molecule has 6 heteroatoms. The second-order valence-electron chi connectivity index (χ2n) is 5.12. The van der Waals surface area contributed by atoms with Crippen molar-refractivity contribution in [2.24, 2.45) is 11.8 Å². The maximum Gasteiger partial charge on any atom is 0.311 e. The predicted molar refractivity (Wildman–Crippen MR) is 64.1 cm³/mol. The van der Waals surface area contributed by atoms with E-state index in [1.807, 2.05) is 0 Å². The van der Waals surface area contributed by atoms with E-state index < -0.39 is 11.9 Å². The highest BCUT2D eigenvalue weighted by Gasteiger charge is 2.38. The van der Waals surface area contributed by atoms with Gasteiger partial charge in [0.2, 0.25) is 5.91 Å². The SMILES string of the molecule is CN(C(=O)CC1CCNC1)C1COCC1C(=O)O. The lowest BCUT2D eigenvalue weighted by atomic mass is 10.00. The van der Waals surface area contributed by atoms with Gasteiger partial charge in [0.05, 0.1) is 19.3 Å². The predicted octanol–water partition coefficient (Wildman–Crippen LogP) is -0.456. The second kappa shape index (κ2) is 5.67. The molecule has 102 valence electrons. The zero-order valence-electron chi connectivity index (χ0n) is 10.6. The number of nitrogens with zero attached hydrogens (tertiary/aromatic N) is 1. The maximum absolute atomic E-state index is 12.1. The summed E-state index contributed by atoms with van der Waals surface area (Å²) in [5.74, 6) is -1.09. The van der Waals surface area contributed by atoms with E-state index in [1.54, 1.807) is 11.9 Å². The summed E-state index contributed by atoms with van der Waals surface area (Å²) in [7, 11) is 1.68. The highest BCUT2D eigenvalue weighted by atomic mass is 16.5. The Hall–Kier alpha value is -1.14. The number of amides is 1. The fraction of sp³-hybridized carbons (Fsp3) is 0.833. The van der Waals surface area contributed by atoms with Gasteiger partial charge in [0.15, 0.2) is 0 Å². The molecule has 0 aromatic carbocycles. The smallest absolute Gasteiger partial charge is 0.311 e. The molecular formula is C12H20N2O4. The summed E-state index contributed by atoms with van der Waals surface area (Å²) < 4.78 is 5.19. The van der Waals surface area contributed by atoms with E-state index in [4.69, 9.17) is 9.84 Å². The molecule has 2 saturated heterocycles. The van der Waals surface area contributed by atoms with Crippen molar-refractivity contribution in [3.05, 3.63) is 0 Å². The molecule has 6 nitrogen and oxygen atoms in total. The molecular weight excluding hydrogens is 236 g/mol.